The lowest BCUT2D eigenvalue weighted by atomic mass is 10.2. The minimum absolute atomic E-state index is 0. The van der Waals surface area contributed by atoms with Gasteiger partial charge in [0, 0.05) is 7.05 Å². The molecule has 3 nitrogen and oxygen atoms in total. The van der Waals surface area contributed by atoms with Gasteiger partial charge in [-0.15, -0.1) is 12.4 Å². The summed E-state index contributed by atoms with van der Waals surface area (Å²) in [6.07, 6.45) is 0. The number of nitrogens with two attached hydrogens (primary N) is 1. The summed E-state index contributed by atoms with van der Waals surface area (Å²) >= 11 is 5.76. The Balaban J connectivity index is 0.00000144. The summed E-state index contributed by atoms with van der Waals surface area (Å²) in [4.78, 5) is 11.3. The molecular weight excluding hydrogens is 211 g/mol. The first kappa shape index (κ1) is 12.2. The second-order valence-electron chi connectivity index (χ2n) is 2.40. The van der Waals surface area contributed by atoms with Crippen molar-refractivity contribution in [1.82, 2.24) is 5.01 Å². The zero-order valence-corrected chi connectivity index (χ0v) is 8.60. The summed E-state index contributed by atoms with van der Waals surface area (Å²) in [7, 11) is 1.48. The van der Waals surface area contributed by atoms with Crippen LogP contribution in [0.2, 0.25) is 5.02 Å². The summed E-state index contributed by atoms with van der Waals surface area (Å²) in [5.41, 5.74) is 0.421. The number of hydrogen-bond acceptors (Lipinski definition) is 2. The third-order valence-electron chi connectivity index (χ3n) is 1.42. The van der Waals surface area contributed by atoms with Crippen LogP contribution in [-0.4, -0.2) is 18.0 Å². The molecule has 0 heterocycles. The minimum atomic E-state index is -0.291. The number of rotatable bonds is 1. The van der Waals surface area contributed by atoms with E-state index in [1.165, 1.54) is 7.05 Å². The molecule has 72 valence electrons. The van der Waals surface area contributed by atoms with Crippen LogP contribution in [0, 0.1) is 0 Å². The van der Waals surface area contributed by atoms with Crippen molar-refractivity contribution in [3.63, 3.8) is 0 Å². The molecule has 1 amide bonds. The Bertz CT molecular complexity index is 302. The molecule has 1 aromatic rings. The molecule has 0 spiro atoms. The largest absolute Gasteiger partial charge is 0.280 e. The monoisotopic (exact) mass is 220 g/mol. The molecule has 0 saturated carbocycles. The molecule has 13 heavy (non-hydrogen) atoms. The SMILES string of the molecule is CN(N)C(=O)c1ccccc1Cl.Cl. The maximum absolute atomic E-state index is 11.3. The molecule has 1 rings (SSSR count). The molecule has 0 fully saturated rings. The average Bonchev–Trinajstić information content (AvgIpc) is 2.04. The van der Waals surface area contributed by atoms with E-state index in [1.54, 1.807) is 24.3 Å². The maximum Gasteiger partial charge on any atom is 0.269 e. The van der Waals surface area contributed by atoms with Gasteiger partial charge in [0.25, 0.3) is 5.91 Å². The summed E-state index contributed by atoms with van der Waals surface area (Å²) in [5, 5.41) is 1.42. The van der Waals surface area contributed by atoms with E-state index in [0.29, 0.717) is 10.6 Å². The van der Waals surface area contributed by atoms with E-state index in [2.05, 4.69) is 0 Å². The van der Waals surface area contributed by atoms with E-state index in [-0.39, 0.29) is 18.3 Å². The molecule has 1 aromatic carbocycles. The molecule has 2 N–H and O–H groups in total. The Labute approximate surface area is 87.8 Å². The summed E-state index contributed by atoms with van der Waals surface area (Å²) in [6.45, 7) is 0. The highest BCUT2D eigenvalue weighted by atomic mass is 35.5. The Morgan fingerprint density at radius 2 is 2.00 bits per heavy atom. The maximum atomic E-state index is 11.3. The number of carbonyl (C=O) groups excluding carboxylic acids is 1. The van der Waals surface area contributed by atoms with Crippen molar-refractivity contribution < 1.29 is 4.79 Å². The highest BCUT2D eigenvalue weighted by molar-refractivity contribution is 6.33. The third-order valence-corrected chi connectivity index (χ3v) is 1.75. The van der Waals surface area contributed by atoms with E-state index in [9.17, 15) is 4.79 Å². The number of carbonyl (C=O) groups is 1. The van der Waals surface area contributed by atoms with Gasteiger partial charge >= 0.3 is 0 Å². The van der Waals surface area contributed by atoms with Gasteiger partial charge in [0.05, 0.1) is 10.6 Å². The number of hydrogen-bond donors (Lipinski definition) is 1. The number of amides is 1. The molecular formula is C8H10Cl2N2O. The molecule has 5 heteroatoms. The fourth-order valence-electron chi connectivity index (χ4n) is 0.825. The van der Waals surface area contributed by atoms with Gasteiger partial charge in [0.15, 0.2) is 0 Å². The van der Waals surface area contributed by atoms with Crippen LogP contribution in [0.5, 0.6) is 0 Å². The Morgan fingerprint density at radius 3 is 2.46 bits per heavy atom. The Hall–Kier alpha value is -0.770. The van der Waals surface area contributed by atoms with Crippen LogP contribution in [0.4, 0.5) is 0 Å². The van der Waals surface area contributed by atoms with Crippen LogP contribution >= 0.6 is 24.0 Å². The van der Waals surface area contributed by atoms with E-state index in [1.807, 2.05) is 0 Å². The molecule has 0 saturated heterocycles. The lowest BCUT2D eigenvalue weighted by Gasteiger charge is -2.10. The predicted molar refractivity (Wildman–Crippen MR) is 55.0 cm³/mol. The van der Waals surface area contributed by atoms with Gasteiger partial charge in [-0.1, -0.05) is 23.7 Å². The molecule has 0 aliphatic carbocycles. The van der Waals surface area contributed by atoms with Gasteiger partial charge in [0.1, 0.15) is 0 Å². The minimum Gasteiger partial charge on any atom is -0.280 e. The molecule has 0 aromatic heterocycles. The quantitative estimate of drug-likeness (QED) is 0.445. The summed E-state index contributed by atoms with van der Waals surface area (Å²) in [6, 6.07) is 6.78. The van der Waals surface area contributed by atoms with Crippen LogP contribution in [0.15, 0.2) is 24.3 Å². The van der Waals surface area contributed by atoms with Gasteiger partial charge in [-0.05, 0) is 12.1 Å². The second kappa shape index (κ2) is 5.07. The van der Waals surface area contributed by atoms with Crippen molar-refractivity contribution in [2.75, 3.05) is 7.05 Å². The van der Waals surface area contributed by atoms with E-state index >= 15 is 0 Å². The van der Waals surface area contributed by atoms with E-state index in [0.717, 1.165) is 5.01 Å². The highest BCUT2D eigenvalue weighted by Crippen LogP contribution is 2.15. The predicted octanol–water partition coefficient (Wildman–Crippen LogP) is 1.71. The fourth-order valence-corrected chi connectivity index (χ4v) is 1.04. The lowest BCUT2D eigenvalue weighted by molar-refractivity contribution is 0.0795. The first-order valence-electron chi connectivity index (χ1n) is 3.40. The zero-order chi connectivity index (χ0) is 9.14. The number of nitrogens with zero attached hydrogens (tertiary/aromatic N) is 1. The molecule has 0 aliphatic rings. The fraction of sp³-hybridized carbons (Fsp3) is 0.125. The van der Waals surface area contributed by atoms with Crippen LogP contribution in [0.1, 0.15) is 10.4 Å². The Morgan fingerprint density at radius 1 is 1.46 bits per heavy atom. The van der Waals surface area contributed by atoms with Gasteiger partial charge in [-0.2, -0.15) is 0 Å². The van der Waals surface area contributed by atoms with Gasteiger partial charge in [0.2, 0.25) is 0 Å². The normalized spacial score (nSPS) is 8.85. The number of halogens is 2. The smallest absolute Gasteiger partial charge is 0.269 e. The summed E-state index contributed by atoms with van der Waals surface area (Å²) in [5.74, 6) is 4.97. The van der Waals surface area contributed by atoms with Crippen molar-refractivity contribution in [2.24, 2.45) is 5.84 Å². The molecule has 0 atom stereocenters. The molecule has 0 unspecified atom stereocenters. The first-order valence-corrected chi connectivity index (χ1v) is 3.78. The molecule has 0 radical (unpaired) electrons. The van der Waals surface area contributed by atoms with Crippen molar-refractivity contribution in [2.45, 2.75) is 0 Å². The van der Waals surface area contributed by atoms with E-state index < -0.39 is 0 Å². The standard InChI is InChI=1S/C8H9ClN2O.ClH/c1-11(10)8(12)6-4-2-3-5-7(6)9;/h2-5H,10H2,1H3;1H. The van der Waals surface area contributed by atoms with Crippen LogP contribution in [-0.2, 0) is 0 Å². The topological polar surface area (TPSA) is 46.3 Å². The van der Waals surface area contributed by atoms with Crippen LogP contribution in [0.25, 0.3) is 0 Å². The third kappa shape index (κ3) is 2.88. The number of hydrazine groups is 1. The first-order chi connectivity index (χ1) is 5.63. The molecule has 0 bridgehead atoms. The highest BCUT2D eigenvalue weighted by Gasteiger charge is 2.10. The summed E-state index contributed by atoms with van der Waals surface area (Å²) < 4.78 is 0. The van der Waals surface area contributed by atoms with Crippen molar-refractivity contribution in [1.29, 1.82) is 0 Å². The van der Waals surface area contributed by atoms with Crippen molar-refractivity contribution in [3.8, 4) is 0 Å². The van der Waals surface area contributed by atoms with Crippen molar-refractivity contribution in [3.05, 3.63) is 34.9 Å². The van der Waals surface area contributed by atoms with E-state index in [4.69, 9.17) is 17.4 Å². The Kier molecular flexibility index (Phi) is 4.77. The van der Waals surface area contributed by atoms with Crippen LogP contribution in [0.3, 0.4) is 0 Å². The van der Waals surface area contributed by atoms with Crippen molar-refractivity contribution >= 4 is 29.9 Å². The van der Waals surface area contributed by atoms with Gasteiger partial charge in [-0.3, -0.25) is 9.80 Å². The zero-order valence-electron chi connectivity index (χ0n) is 7.03. The van der Waals surface area contributed by atoms with Gasteiger partial charge in [-0.25, -0.2) is 5.84 Å². The average molecular weight is 221 g/mol. The number of benzene rings is 1. The van der Waals surface area contributed by atoms with Gasteiger partial charge < -0.3 is 0 Å². The molecule has 0 aliphatic heterocycles. The lowest BCUT2D eigenvalue weighted by Crippen LogP contribution is -2.33. The van der Waals surface area contributed by atoms with Crippen LogP contribution < -0.4 is 5.84 Å². The second-order valence-corrected chi connectivity index (χ2v) is 2.80.